The molecule has 0 aliphatic carbocycles. The Labute approximate surface area is 193 Å². The van der Waals surface area contributed by atoms with E-state index in [2.05, 4.69) is 10.3 Å². The number of benzene rings is 3. The summed E-state index contributed by atoms with van der Waals surface area (Å²) in [5.74, 6) is -0.648. The molecule has 4 rings (SSSR count). The molecule has 0 bridgehead atoms. The number of carbonyl (C=O) groups is 1. The smallest absolute Gasteiger partial charge is 0.251 e. The molecule has 5 heteroatoms. The SMILES string of the molecule is Cc1ccc(-c2cc(C(=O)NC(C)C)cc(C(O)c3ccc(C)c4ncccc34)c2)c(F)c1. The third-order valence-corrected chi connectivity index (χ3v) is 5.69. The summed E-state index contributed by atoms with van der Waals surface area (Å²) in [4.78, 5) is 17.3. The summed E-state index contributed by atoms with van der Waals surface area (Å²) in [6.07, 6.45) is 0.706. The Morgan fingerprint density at radius 2 is 1.82 bits per heavy atom. The number of pyridine rings is 1. The Morgan fingerprint density at radius 3 is 2.55 bits per heavy atom. The van der Waals surface area contributed by atoms with Crippen molar-refractivity contribution >= 4 is 16.8 Å². The van der Waals surface area contributed by atoms with Crippen molar-refractivity contribution < 1.29 is 14.3 Å². The van der Waals surface area contributed by atoms with Gasteiger partial charge in [0, 0.05) is 28.8 Å². The number of aliphatic hydroxyl groups excluding tert-OH is 1. The standard InChI is InChI=1S/C28H27FN2O2/c1-16(2)31-28(33)21-14-19(22-9-7-17(3)12-25(22)29)13-20(15-21)27(32)24-10-8-18(4)26-23(24)6-5-11-30-26/h5-16,27,32H,1-4H3,(H,31,33). The zero-order valence-electron chi connectivity index (χ0n) is 19.2. The Hall–Kier alpha value is -3.57. The molecule has 1 aromatic heterocycles. The van der Waals surface area contributed by atoms with Crippen LogP contribution in [0.2, 0.25) is 0 Å². The first-order valence-electron chi connectivity index (χ1n) is 11.0. The van der Waals surface area contributed by atoms with E-state index in [1.54, 1.807) is 30.5 Å². The van der Waals surface area contributed by atoms with Gasteiger partial charge >= 0.3 is 0 Å². The number of hydrogen-bond donors (Lipinski definition) is 2. The molecular weight excluding hydrogens is 415 g/mol. The summed E-state index contributed by atoms with van der Waals surface area (Å²) < 4.78 is 14.8. The van der Waals surface area contributed by atoms with Crippen molar-refractivity contribution in [1.82, 2.24) is 10.3 Å². The molecule has 0 aliphatic rings. The molecule has 0 spiro atoms. The predicted molar refractivity (Wildman–Crippen MR) is 130 cm³/mol. The Morgan fingerprint density at radius 1 is 1.03 bits per heavy atom. The molecule has 1 heterocycles. The topological polar surface area (TPSA) is 62.2 Å². The van der Waals surface area contributed by atoms with E-state index in [4.69, 9.17) is 0 Å². The number of aryl methyl sites for hydroxylation is 2. The number of hydrogen-bond acceptors (Lipinski definition) is 3. The van der Waals surface area contributed by atoms with E-state index in [9.17, 15) is 14.3 Å². The lowest BCUT2D eigenvalue weighted by Crippen LogP contribution is -2.30. The van der Waals surface area contributed by atoms with E-state index in [0.717, 1.165) is 22.0 Å². The minimum Gasteiger partial charge on any atom is -0.384 e. The Bertz CT molecular complexity index is 1350. The average Bonchev–Trinajstić information content (AvgIpc) is 2.78. The maximum Gasteiger partial charge on any atom is 0.251 e. The average molecular weight is 443 g/mol. The molecular formula is C28H27FN2O2. The van der Waals surface area contributed by atoms with Crippen LogP contribution in [0.15, 0.2) is 66.9 Å². The highest BCUT2D eigenvalue weighted by atomic mass is 19.1. The van der Waals surface area contributed by atoms with Gasteiger partial charge in [0.1, 0.15) is 11.9 Å². The van der Waals surface area contributed by atoms with E-state index >= 15 is 0 Å². The van der Waals surface area contributed by atoms with Gasteiger partial charge in [0.2, 0.25) is 0 Å². The summed E-state index contributed by atoms with van der Waals surface area (Å²) >= 11 is 0. The minimum absolute atomic E-state index is 0.0576. The van der Waals surface area contributed by atoms with E-state index in [0.29, 0.717) is 27.8 Å². The number of halogens is 1. The van der Waals surface area contributed by atoms with Crippen LogP contribution < -0.4 is 5.32 Å². The lowest BCUT2D eigenvalue weighted by atomic mass is 9.91. The van der Waals surface area contributed by atoms with Crippen molar-refractivity contribution in [2.24, 2.45) is 0 Å². The van der Waals surface area contributed by atoms with E-state index in [1.807, 2.05) is 58.0 Å². The number of amides is 1. The molecule has 168 valence electrons. The fourth-order valence-corrected chi connectivity index (χ4v) is 4.05. The first-order valence-corrected chi connectivity index (χ1v) is 11.0. The molecule has 33 heavy (non-hydrogen) atoms. The maximum absolute atomic E-state index is 14.8. The van der Waals surface area contributed by atoms with Gasteiger partial charge in [-0.3, -0.25) is 9.78 Å². The summed E-state index contributed by atoms with van der Waals surface area (Å²) in [6.45, 7) is 7.55. The molecule has 0 saturated heterocycles. The number of nitrogens with one attached hydrogen (secondary N) is 1. The van der Waals surface area contributed by atoms with Crippen molar-refractivity contribution in [2.45, 2.75) is 39.8 Å². The molecule has 0 saturated carbocycles. The van der Waals surface area contributed by atoms with Gasteiger partial charge in [-0.1, -0.05) is 30.3 Å². The summed E-state index contributed by atoms with van der Waals surface area (Å²) in [7, 11) is 0. The van der Waals surface area contributed by atoms with Gasteiger partial charge in [-0.15, -0.1) is 0 Å². The predicted octanol–water partition coefficient (Wildman–Crippen LogP) is 5.88. The fraction of sp³-hybridized carbons (Fsp3) is 0.214. The maximum atomic E-state index is 14.8. The third-order valence-electron chi connectivity index (χ3n) is 5.69. The van der Waals surface area contributed by atoms with Crippen molar-refractivity contribution in [2.75, 3.05) is 0 Å². The lowest BCUT2D eigenvalue weighted by molar-refractivity contribution is 0.0943. The van der Waals surface area contributed by atoms with Crippen LogP contribution in [0.25, 0.3) is 22.0 Å². The number of aromatic nitrogens is 1. The zero-order valence-corrected chi connectivity index (χ0v) is 19.2. The van der Waals surface area contributed by atoms with E-state index in [-0.39, 0.29) is 17.8 Å². The van der Waals surface area contributed by atoms with Crippen LogP contribution in [0.4, 0.5) is 4.39 Å². The molecule has 0 fully saturated rings. The molecule has 1 atom stereocenters. The van der Waals surface area contributed by atoms with Gasteiger partial charge in [-0.05, 0) is 85.8 Å². The van der Waals surface area contributed by atoms with Crippen molar-refractivity contribution in [1.29, 1.82) is 0 Å². The van der Waals surface area contributed by atoms with Crippen LogP contribution in [-0.4, -0.2) is 22.0 Å². The number of nitrogens with zero attached hydrogens (tertiary/aromatic N) is 1. The van der Waals surface area contributed by atoms with Crippen LogP contribution in [0.3, 0.4) is 0 Å². The van der Waals surface area contributed by atoms with Gasteiger partial charge in [-0.25, -0.2) is 4.39 Å². The van der Waals surface area contributed by atoms with Gasteiger partial charge in [0.15, 0.2) is 0 Å². The van der Waals surface area contributed by atoms with Crippen LogP contribution in [0, 0.1) is 19.7 Å². The van der Waals surface area contributed by atoms with Crippen molar-refractivity contribution in [3.05, 3.63) is 100 Å². The normalized spacial score (nSPS) is 12.2. The first-order chi connectivity index (χ1) is 15.7. The summed E-state index contributed by atoms with van der Waals surface area (Å²) in [5.41, 5.74) is 5.10. The second-order valence-electron chi connectivity index (χ2n) is 8.73. The Kier molecular flexibility index (Phi) is 6.25. The van der Waals surface area contributed by atoms with Gasteiger partial charge in [0.05, 0.1) is 5.52 Å². The van der Waals surface area contributed by atoms with Gasteiger partial charge in [-0.2, -0.15) is 0 Å². The molecule has 4 aromatic rings. The lowest BCUT2D eigenvalue weighted by Gasteiger charge is -2.18. The minimum atomic E-state index is -1.02. The van der Waals surface area contributed by atoms with Crippen molar-refractivity contribution in [3.8, 4) is 11.1 Å². The second-order valence-corrected chi connectivity index (χ2v) is 8.73. The summed E-state index contributed by atoms with van der Waals surface area (Å²) in [6, 6.07) is 17.6. The van der Waals surface area contributed by atoms with Crippen LogP contribution in [-0.2, 0) is 0 Å². The van der Waals surface area contributed by atoms with E-state index < -0.39 is 6.10 Å². The van der Waals surface area contributed by atoms with E-state index in [1.165, 1.54) is 6.07 Å². The molecule has 0 aliphatic heterocycles. The number of rotatable bonds is 5. The van der Waals surface area contributed by atoms with Gasteiger partial charge < -0.3 is 10.4 Å². The molecule has 4 nitrogen and oxygen atoms in total. The number of carbonyl (C=O) groups excluding carboxylic acids is 1. The van der Waals surface area contributed by atoms with Crippen LogP contribution in [0.5, 0.6) is 0 Å². The number of aliphatic hydroxyl groups is 1. The second kappa shape index (κ2) is 9.12. The monoisotopic (exact) mass is 442 g/mol. The van der Waals surface area contributed by atoms with Crippen LogP contribution >= 0.6 is 0 Å². The highest BCUT2D eigenvalue weighted by Crippen LogP contribution is 2.33. The molecule has 3 aromatic carbocycles. The fourth-order valence-electron chi connectivity index (χ4n) is 4.05. The highest BCUT2D eigenvalue weighted by molar-refractivity contribution is 5.96. The molecule has 2 N–H and O–H groups in total. The quantitative estimate of drug-likeness (QED) is 0.406. The number of fused-ring (bicyclic) bond motifs is 1. The van der Waals surface area contributed by atoms with Crippen LogP contribution in [0.1, 0.15) is 52.6 Å². The molecule has 1 amide bonds. The summed E-state index contributed by atoms with van der Waals surface area (Å²) in [5, 5.41) is 15.1. The molecule has 0 radical (unpaired) electrons. The van der Waals surface area contributed by atoms with Crippen molar-refractivity contribution in [3.63, 3.8) is 0 Å². The largest absolute Gasteiger partial charge is 0.384 e. The highest BCUT2D eigenvalue weighted by Gasteiger charge is 2.20. The van der Waals surface area contributed by atoms with Gasteiger partial charge in [0.25, 0.3) is 5.91 Å². The molecule has 1 unspecified atom stereocenters. The zero-order chi connectivity index (χ0) is 23.7. The third kappa shape index (κ3) is 4.64. The first kappa shape index (κ1) is 22.6. The Balaban J connectivity index is 1.89.